The quantitative estimate of drug-likeness (QED) is 0.153. The predicted octanol–water partition coefficient (Wildman–Crippen LogP) is 3.05. The summed E-state index contributed by atoms with van der Waals surface area (Å²) in [7, 11) is 0. The summed E-state index contributed by atoms with van der Waals surface area (Å²) in [6, 6.07) is 1.28. The van der Waals surface area contributed by atoms with Crippen LogP contribution < -0.4 is 0 Å². The SMILES string of the molecule is CCO/C=C(\C(=O)OCC)C(=O)c1cc(Cl)ncc1Cl. The molecule has 0 saturated carbocycles. The van der Waals surface area contributed by atoms with E-state index >= 15 is 0 Å². The van der Waals surface area contributed by atoms with Crippen LogP contribution in [0.2, 0.25) is 10.2 Å². The molecule has 0 aliphatic carbocycles. The molecule has 0 aromatic carbocycles. The van der Waals surface area contributed by atoms with E-state index in [9.17, 15) is 9.59 Å². The monoisotopic (exact) mass is 317 g/mol. The average molecular weight is 318 g/mol. The Bertz CT molecular complexity index is 543. The van der Waals surface area contributed by atoms with Gasteiger partial charge < -0.3 is 9.47 Å². The fourth-order valence-corrected chi connectivity index (χ4v) is 1.65. The van der Waals surface area contributed by atoms with Gasteiger partial charge in [-0.1, -0.05) is 23.2 Å². The molecule has 108 valence electrons. The molecular formula is C13H13Cl2NO4. The minimum atomic E-state index is -0.782. The van der Waals surface area contributed by atoms with Gasteiger partial charge in [0.05, 0.1) is 18.2 Å². The molecule has 5 nitrogen and oxygen atoms in total. The summed E-state index contributed by atoms with van der Waals surface area (Å²) < 4.78 is 9.81. The molecule has 0 unspecified atom stereocenters. The number of hydrogen-bond donors (Lipinski definition) is 0. The van der Waals surface area contributed by atoms with E-state index in [1.54, 1.807) is 13.8 Å². The van der Waals surface area contributed by atoms with Crippen LogP contribution in [0.5, 0.6) is 0 Å². The number of aromatic nitrogens is 1. The zero-order valence-corrected chi connectivity index (χ0v) is 12.5. The number of carbonyl (C=O) groups is 2. The molecule has 0 N–H and O–H groups in total. The van der Waals surface area contributed by atoms with E-state index in [-0.39, 0.29) is 27.9 Å². The molecule has 1 aromatic rings. The maximum atomic E-state index is 12.3. The maximum absolute atomic E-state index is 12.3. The van der Waals surface area contributed by atoms with Gasteiger partial charge in [-0.05, 0) is 19.9 Å². The second-order valence-electron chi connectivity index (χ2n) is 3.52. The second kappa shape index (κ2) is 7.87. The third-order valence-electron chi connectivity index (χ3n) is 2.17. The number of esters is 1. The first-order chi connectivity index (χ1) is 9.51. The molecule has 0 spiro atoms. The summed E-state index contributed by atoms with van der Waals surface area (Å²) in [5.74, 6) is -1.42. The van der Waals surface area contributed by atoms with Crippen molar-refractivity contribution in [3.63, 3.8) is 0 Å². The number of halogens is 2. The van der Waals surface area contributed by atoms with Crippen LogP contribution in [0.4, 0.5) is 0 Å². The lowest BCUT2D eigenvalue weighted by Crippen LogP contribution is -2.17. The summed E-state index contributed by atoms with van der Waals surface area (Å²) in [6.45, 7) is 3.80. The number of nitrogens with zero attached hydrogens (tertiary/aromatic N) is 1. The highest BCUT2D eigenvalue weighted by Crippen LogP contribution is 2.22. The van der Waals surface area contributed by atoms with Crippen LogP contribution in [-0.2, 0) is 14.3 Å². The van der Waals surface area contributed by atoms with Gasteiger partial charge in [-0.2, -0.15) is 0 Å². The highest BCUT2D eigenvalue weighted by Gasteiger charge is 2.24. The van der Waals surface area contributed by atoms with Crippen molar-refractivity contribution in [2.75, 3.05) is 13.2 Å². The molecule has 0 atom stereocenters. The third kappa shape index (κ3) is 4.21. The Kier molecular flexibility index (Phi) is 6.48. The molecule has 0 bridgehead atoms. The minimum Gasteiger partial charge on any atom is -0.500 e. The van der Waals surface area contributed by atoms with Crippen LogP contribution in [0.25, 0.3) is 0 Å². The molecule has 1 aromatic heterocycles. The number of hydrogen-bond acceptors (Lipinski definition) is 5. The lowest BCUT2D eigenvalue weighted by molar-refractivity contribution is -0.138. The Balaban J connectivity index is 3.16. The minimum absolute atomic E-state index is 0.0608. The molecule has 1 rings (SSSR count). The third-order valence-corrected chi connectivity index (χ3v) is 2.68. The molecular weight excluding hydrogens is 305 g/mol. The van der Waals surface area contributed by atoms with Crippen LogP contribution in [0.1, 0.15) is 24.2 Å². The van der Waals surface area contributed by atoms with Gasteiger partial charge in [-0.3, -0.25) is 4.79 Å². The predicted molar refractivity (Wildman–Crippen MR) is 74.9 cm³/mol. The van der Waals surface area contributed by atoms with Crippen molar-refractivity contribution in [2.24, 2.45) is 0 Å². The van der Waals surface area contributed by atoms with Gasteiger partial charge in [-0.15, -0.1) is 0 Å². The van der Waals surface area contributed by atoms with Crippen molar-refractivity contribution >= 4 is 35.0 Å². The molecule has 0 fully saturated rings. The number of Topliss-reactive ketones (excluding diaryl/α,β-unsaturated/α-hetero) is 1. The fraction of sp³-hybridized carbons (Fsp3) is 0.308. The molecule has 7 heteroatoms. The summed E-state index contributed by atoms with van der Waals surface area (Å²) in [5.41, 5.74) is -0.191. The summed E-state index contributed by atoms with van der Waals surface area (Å²) >= 11 is 11.6. The molecule has 0 aliphatic heterocycles. The first kappa shape index (κ1) is 16.5. The topological polar surface area (TPSA) is 65.5 Å². The van der Waals surface area contributed by atoms with Crippen LogP contribution >= 0.6 is 23.2 Å². The molecule has 20 heavy (non-hydrogen) atoms. The lowest BCUT2D eigenvalue weighted by Gasteiger charge is -2.08. The van der Waals surface area contributed by atoms with Gasteiger partial charge in [0, 0.05) is 11.8 Å². The first-order valence-electron chi connectivity index (χ1n) is 5.85. The Labute approximate surface area is 126 Å². The zero-order valence-electron chi connectivity index (χ0n) is 11.0. The average Bonchev–Trinajstić information content (AvgIpc) is 2.42. The largest absolute Gasteiger partial charge is 0.500 e. The summed E-state index contributed by atoms with van der Waals surface area (Å²) in [4.78, 5) is 27.8. The van der Waals surface area contributed by atoms with E-state index in [1.165, 1.54) is 12.3 Å². The lowest BCUT2D eigenvalue weighted by atomic mass is 10.1. The van der Waals surface area contributed by atoms with Gasteiger partial charge >= 0.3 is 5.97 Å². The number of ketones is 1. The van der Waals surface area contributed by atoms with Crippen LogP contribution in [0.15, 0.2) is 24.1 Å². The van der Waals surface area contributed by atoms with E-state index in [2.05, 4.69) is 4.98 Å². The molecule has 0 amide bonds. The smallest absolute Gasteiger partial charge is 0.345 e. The molecule has 0 saturated heterocycles. The maximum Gasteiger partial charge on any atom is 0.345 e. The van der Waals surface area contributed by atoms with Crippen molar-refractivity contribution in [1.29, 1.82) is 0 Å². The van der Waals surface area contributed by atoms with E-state index in [4.69, 9.17) is 32.7 Å². The Morgan fingerprint density at radius 3 is 2.60 bits per heavy atom. The molecule has 0 radical (unpaired) electrons. The van der Waals surface area contributed by atoms with Crippen molar-refractivity contribution in [2.45, 2.75) is 13.8 Å². The van der Waals surface area contributed by atoms with E-state index in [1.807, 2.05) is 0 Å². The van der Waals surface area contributed by atoms with Crippen molar-refractivity contribution in [1.82, 2.24) is 4.98 Å². The van der Waals surface area contributed by atoms with Gasteiger partial charge in [0.15, 0.2) is 0 Å². The van der Waals surface area contributed by atoms with Crippen molar-refractivity contribution in [3.05, 3.63) is 39.8 Å². The highest BCUT2D eigenvalue weighted by atomic mass is 35.5. The van der Waals surface area contributed by atoms with Gasteiger partial charge in [0.2, 0.25) is 5.78 Å². The van der Waals surface area contributed by atoms with Crippen LogP contribution in [0.3, 0.4) is 0 Å². The van der Waals surface area contributed by atoms with Crippen molar-refractivity contribution in [3.8, 4) is 0 Å². The van der Waals surface area contributed by atoms with E-state index in [0.29, 0.717) is 6.61 Å². The van der Waals surface area contributed by atoms with Crippen LogP contribution in [0, 0.1) is 0 Å². The first-order valence-corrected chi connectivity index (χ1v) is 6.61. The van der Waals surface area contributed by atoms with Crippen molar-refractivity contribution < 1.29 is 19.1 Å². The van der Waals surface area contributed by atoms with E-state index in [0.717, 1.165) is 6.26 Å². The standard InChI is InChI=1S/C13H13Cl2NO4/c1-3-19-7-9(13(18)20-4-2)12(17)8-5-11(15)16-6-10(8)14/h5-7H,3-4H2,1-2H3/b9-7-. The Hall–Kier alpha value is -1.59. The normalized spacial score (nSPS) is 11.1. The Morgan fingerprint density at radius 2 is 2.00 bits per heavy atom. The van der Waals surface area contributed by atoms with Crippen LogP contribution in [-0.4, -0.2) is 30.0 Å². The fourth-order valence-electron chi connectivity index (χ4n) is 1.30. The summed E-state index contributed by atoms with van der Waals surface area (Å²) in [6.07, 6.45) is 2.30. The zero-order chi connectivity index (χ0) is 15.1. The second-order valence-corrected chi connectivity index (χ2v) is 4.32. The Morgan fingerprint density at radius 1 is 1.30 bits per heavy atom. The number of rotatable bonds is 6. The van der Waals surface area contributed by atoms with Gasteiger partial charge in [-0.25, -0.2) is 9.78 Å². The van der Waals surface area contributed by atoms with E-state index < -0.39 is 11.8 Å². The molecule has 0 aliphatic rings. The number of ether oxygens (including phenoxy) is 2. The number of pyridine rings is 1. The van der Waals surface area contributed by atoms with Gasteiger partial charge in [0.1, 0.15) is 17.0 Å². The summed E-state index contributed by atoms with van der Waals surface area (Å²) in [5, 5.41) is 0.184. The highest BCUT2D eigenvalue weighted by molar-refractivity contribution is 6.37. The molecule has 1 heterocycles. The van der Waals surface area contributed by atoms with Gasteiger partial charge in [0.25, 0.3) is 0 Å². The number of carbonyl (C=O) groups excluding carboxylic acids is 2.